The first-order valence-electron chi connectivity index (χ1n) is 4.00. The molecule has 0 rings (SSSR count). The van der Waals surface area contributed by atoms with Gasteiger partial charge in [-0.2, -0.15) is 0 Å². The van der Waals surface area contributed by atoms with Gasteiger partial charge in [0.05, 0.1) is 0 Å². The predicted molar refractivity (Wildman–Crippen MR) is 46.7 cm³/mol. The molecule has 0 saturated carbocycles. The van der Waals surface area contributed by atoms with Crippen molar-refractivity contribution in [3.05, 3.63) is 12.2 Å². The molecule has 10 heavy (non-hydrogen) atoms. The van der Waals surface area contributed by atoms with Crippen LogP contribution in [0.15, 0.2) is 12.2 Å². The smallest absolute Gasteiger partial charge is 0.00861 e. The standard InChI is InChI=1S/C10H16/c1-3-5-7-9-10-8-6-4-2/h1,6,8H,4-5,7,9-10H2,2H3/b8-6+. The van der Waals surface area contributed by atoms with Crippen LogP contribution in [0.3, 0.4) is 0 Å². The fourth-order valence-corrected chi connectivity index (χ4v) is 0.774. The van der Waals surface area contributed by atoms with E-state index in [0.717, 1.165) is 12.8 Å². The van der Waals surface area contributed by atoms with Crippen molar-refractivity contribution in [1.29, 1.82) is 0 Å². The van der Waals surface area contributed by atoms with Crippen molar-refractivity contribution in [2.75, 3.05) is 0 Å². The van der Waals surface area contributed by atoms with Crippen LogP contribution in [0, 0.1) is 12.3 Å². The zero-order valence-electron chi connectivity index (χ0n) is 6.77. The molecule has 0 amide bonds. The predicted octanol–water partition coefficient (Wildman–Crippen LogP) is 3.15. The summed E-state index contributed by atoms with van der Waals surface area (Å²) in [6, 6.07) is 0. The Labute approximate surface area is 64.3 Å². The topological polar surface area (TPSA) is 0 Å². The Morgan fingerprint density at radius 3 is 2.70 bits per heavy atom. The zero-order chi connectivity index (χ0) is 7.66. The molecule has 0 atom stereocenters. The van der Waals surface area contributed by atoms with Crippen LogP contribution in [0.25, 0.3) is 0 Å². The lowest BCUT2D eigenvalue weighted by Gasteiger charge is -1.89. The molecule has 0 heteroatoms. The summed E-state index contributed by atoms with van der Waals surface area (Å²) in [7, 11) is 0. The normalized spacial score (nSPS) is 10.0. The van der Waals surface area contributed by atoms with Crippen LogP contribution in [0.2, 0.25) is 0 Å². The summed E-state index contributed by atoms with van der Waals surface area (Å²) in [5, 5.41) is 0. The van der Waals surface area contributed by atoms with Crippen LogP contribution in [-0.2, 0) is 0 Å². The second kappa shape index (κ2) is 8.30. The number of rotatable bonds is 5. The molecule has 0 bridgehead atoms. The lowest BCUT2D eigenvalue weighted by Crippen LogP contribution is -1.71. The average molecular weight is 136 g/mol. The highest BCUT2D eigenvalue weighted by Crippen LogP contribution is 1.99. The zero-order valence-corrected chi connectivity index (χ0v) is 6.77. The summed E-state index contributed by atoms with van der Waals surface area (Å²) >= 11 is 0. The van der Waals surface area contributed by atoms with Crippen molar-refractivity contribution in [3.8, 4) is 12.3 Å². The number of allylic oxidation sites excluding steroid dienone is 2. The minimum Gasteiger partial charge on any atom is -0.120 e. The highest BCUT2D eigenvalue weighted by atomic mass is 13.9. The molecule has 0 fully saturated rings. The molecule has 0 aliphatic heterocycles. The minimum atomic E-state index is 0.931. The highest BCUT2D eigenvalue weighted by molar-refractivity contribution is 4.84. The second-order valence-electron chi connectivity index (χ2n) is 2.33. The molecular formula is C10H16. The second-order valence-corrected chi connectivity index (χ2v) is 2.33. The molecule has 0 N–H and O–H groups in total. The Kier molecular flexibility index (Phi) is 7.72. The van der Waals surface area contributed by atoms with E-state index in [1.807, 2.05) is 0 Å². The molecule has 0 saturated heterocycles. The van der Waals surface area contributed by atoms with Gasteiger partial charge in [-0.1, -0.05) is 19.1 Å². The summed E-state index contributed by atoms with van der Waals surface area (Å²) < 4.78 is 0. The van der Waals surface area contributed by atoms with Gasteiger partial charge in [0.15, 0.2) is 0 Å². The Bertz CT molecular complexity index is 114. The van der Waals surface area contributed by atoms with Crippen molar-refractivity contribution >= 4 is 0 Å². The molecule has 0 radical (unpaired) electrons. The summed E-state index contributed by atoms with van der Waals surface area (Å²) in [5.41, 5.74) is 0. The van der Waals surface area contributed by atoms with E-state index in [1.165, 1.54) is 19.3 Å². The van der Waals surface area contributed by atoms with Gasteiger partial charge in [0, 0.05) is 6.42 Å². The molecule has 0 aliphatic rings. The number of terminal acetylenes is 1. The summed E-state index contributed by atoms with van der Waals surface area (Å²) in [6.45, 7) is 2.15. The molecule has 0 aliphatic carbocycles. The van der Waals surface area contributed by atoms with E-state index in [4.69, 9.17) is 6.42 Å². The summed E-state index contributed by atoms with van der Waals surface area (Å²) in [6.07, 6.45) is 15.2. The molecule has 56 valence electrons. The van der Waals surface area contributed by atoms with Crippen LogP contribution in [0.1, 0.15) is 39.0 Å². The van der Waals surface area contributed by atoms with E-state index in [1.54, 1.807) is 0 Å². The Morgan fingerprint density at radius 1 is 1.30 bits per heavy atom. The van der Waals surface area contributed by atoms with Crippen LogP contribution >= 0.6 is 0 Å². The molecule has 0 nitrogen and oxygen atoms in total. The first kappa shape index (κ1) is 9.30. The lowest BCUT2D eigenvalue weighted by molar-refractivity contribution is 0.771. The highest BCUT2D eigenvalue weighted by Gasteiger charge is 1.81. The summed E-state index contributed by atoms with van der Waals surface area (Å²) in [5.74, 6) is 2.63. The third kappa shape index (κ3) is 7.30. The maximum Gasteiger partial charge on any atom is 0.00861 e. The molecule has 0 heterocycles. The van der Waals surface area contributed by atoms with E-state index in [0.29, 0.717) is 0 Å². The lowest BCUT2D eigenvalue weighted by atomic mass is 10.2. The van der Waals surface area contributed by atoms with E-state index in [2.05, 4.69) is 25.0 Å². The maximum absolute atomic E-state index is 5.10. The van der Waals surface area contributed by atoms with Crippen LogP contribution in [-0.4, -0.2) is 0 Å². The van der Waals surface area contributed by atoms with E-state index >= 15 is 0 Å². The van der Waals surface area contributed by atoms with Crippen LogP contribution in [0.5, 0.6) is 0 Å². The van der Waals surface area contributed by atoms with Crippen LogP contribution < -0.4 is 0 Å². The van der Waals surface area contributed by atoms with Gasteiger partial charge in [0.25, 0.3) is 0 Å². The largest absolute Gasteiger partial charge is 0.120 e. The third-order valence-corrected chi connectivity index (χ3v) is 1.34. The quantitative estimate of drug-likeness (QED) is 0.309. The average Bonchev–Trinajstić information content (AvgIpc) is 1.97. The molecular weight excluding hydrogens is 120 g/mol. The Balaban J connectivity index is 2.92. The fourth-order valence-electron chi connectivity index (χ4n) is 0.774. The van der Waals surface area contributed by atoms with Crippen molar-refractivity contribution in [1.82, 2.24) is 0 Å². The first-order chi connectivity index (χ1) is 4.91. The maximum atomic E-state index is 5.10. The van der Waals surface area contributed by atoms with E-state index < -0.39 is 0 Å². The van der Waals surface area contributed by atoms with E-state index in [9.17, 15) is 0 Å². The Hall–Kier alpha value is -0.700. The van der Waals surface area contributed by atoms with Gasteiger partial charge in [-0.25, -0.2) is 0 Å². The van der Waals surface area contributed by atoms with Crippen molar-refractivity contribution < 1.29 is 0 Å². The van der Waals surface area contributed by atoms with Crippen molar-refractivity contribution in [2.45, 2.75) is 39.0 Å². The van der Waals surface area contributed by atoms with Crippen molar-refractivity contribution in [3.63, 3.8) is 0 Å². The van der Waals surface area contributed by atoms with Gasteiger partial charge in [-0.3, -0.25) is 0 Å². The number of unbranched alkanes of at least 4 members (excludes halogenated alkanes) is 3. The molecule has 0 unspecified atom stereocenters. The third-order valence-electron chi connectivity index (χ3n) is 1.34. The van der Waals surface area contributed by atoms with Gasteiger partial charge < -0.3 is 0 Å². The fraction of sp³-hybridized carbons (Fsp3) is 0.600. The van der Waals surface area contributed by atoms with Gasteiger partial charge in [-0.15, -0.1) is 12.3 Å². The molecule has 0 aromatic heterocycles. The minimum absolute atomic E-state index is 0.931. The number of hydrogen-bond donors (Lipinski definition) is 0. The molecule has 0 aromatic rings. The SMILES string of the molecule is C#CCCCC/C=C/CC. The van der Waals surface area contributed by atoms with Crippen molar-refractivity contribution in [2.24, 2.45) is 0 Å². The molecule has 0 aromatic carbocycles. The number of hydrogen-bond acceptors (Lipinski definition) is 0. The summed E-state index contributed by atoms with van der Waals surface area (Å²) in [4.78, 5) is 0. The van der Waals surface area contributed by atoms with Gasteiger partial charge in [0.1, 0.15) is 0 Å². The van der Waals surface area contributed by atoms with Gasteiger partial charge in [-0.05, 0) is 25.7 Å². The first-order valence-corrected chi connectivity index (χ1v) is 4.00. The Morgan fingerprint density at radius 2 is 2.10 bits per heavy atom. The van der Waals surface area contributed by atoms with E-state index in [-0.39, 0.29) is 0 Å². The molecule has 0 spiro atoms. The monoisotopic (exact) mass is 136 g/mol. The van der Waals surface area contributed by atoms with Gasteiger partial charge in [0.2, 0.25) is 0 Å². The van der Waals surface area contributed by atoms with Gasteiger partial charge >= 0.3 is 0 Å². The van der Waals surface area contributed by atoms with Crippen LogP contribution in [0.4, 0.5) is 0 Å².